The van der Waals surface area contributed by atoms with Crippen molar-refractivity contribution in [2.45, 2.75) is 13.1 Å². The zero-order chi connectivity index (χ0) is 24.8. The second kappa shape index (κ2) is 10.4. The third kappa shape index (κ3) is 5.66. The van der Waals surface area contributed by atoms with Crippen molar-refractivity contribution in [3.63, 3.8) is 0 Å². The first-order valence-electron chi connectivity index (χ1n) is 10.8. The molecule has 35 heavy (non-hydrogen) atoms. The molecule has 0 aliphatic rings. The molecule has 0 amide bonds. The van der Waals surface area contributed by atoms with Gasteiger partial charge in [0.15, 0.2) is 11.5 Å². The maximum Gasteiger partial charge on any atom is 0.453 e. The van der Waals surface area contributed by atoms with Gasteiger partial charge < -0.3 is 18.6 Å². The summed E-state index contributed by atoms with van der Waals surface area (Å²) in [5, 5.41) is -0.0749. The lowest BCUT2D eigenvalue weighted by Gasteiger charge is -2.15. The number of hydrogen-bond acceptors (Lipinski definition) is 5. The lowest BCUT2D eigenvalue weighted by atomic mass is 10.2. The molecule has 5 nitrogen and oxygen atoms in total. The molecule has 0 saturated heterocycles. The third-order valence-electron chi connectivity index (χ3n) is 4.90. The van der Waals surface area contributed by atoms with Crippen molar-refractivity contribution < 1.29 is 31.8 Å². The first-order valence-corrected chi connectivity index (χ1v) is 10.8. The van der Waals surface area contributed by atoms with Gasteiger partial charge >= 0.3 is 6.18 Å². The van der Waals surface area contributed by atoms with Crippen LogP contribution < -0.4 is 19.6 Å². The number of alkyl halides is 3. The number of benzene rings is 3. The van der Waals surface area contributed by atoms with Gasteiger partial charge in [0.05, 0.1) is 12.0 Å². The quantitative estimate of drug-likeness (QED) is 0.268. The van der Waals surface area contributed by atoms with E-state index in [1.54, 1.807) is 25.1 Å². The van der Waals surface area contributed by atoms with Gasteiger partial charge in [0, 0.05) is 6.07 Å². The number of hydrogen-bond donors (Lipinski definition) is 0. The Hall–Kier alpha value is -4.20. The minimum atomic E-state index is -4.97. The zero-order valence-electron chi connectivity index (χ0n) is 18.7. The highest BCUT2D eigenvalue weighted by molar-refractivity contribution is 5.80. The van der Waals surface area contributed by atoms with Crippen LogP contribution in [0.4, 0.5) is 13.2 Å². The van der Waals surface area contributed by atoms with E-state index in [0.29, 0.717) is 0 Å². The van der Waals surface area contributed by atoms with Gasteiger partial charge in [-0.05, 0) is 42.8 Å². The van der Waals surface area contributed by atoms with Gasteiger partial charge in [0.1, 0.15) is 17.9 Å². The predicted molar refractivity (Wildman–Crippen MR) is 126 cm³/mol. The summed E-state index contributed by atoms with van der Waals surface area (Å²) in [5.74, 6) is -2.08. The van der Waals surface area contributed by atoms with Crippen molar-refractivity contribution in [1.29, 1.82) is 0 Å². The van der Waals surface area contributed by atoms with Crippen LogP contribution in [0.2, 0.25) is 0 Å². The van der Waals surface area contributed by atoms with Crippen molar-refractivity contribution in [1.82, 2.24) is 0 Å². The van der Waals surface area contributed by atoms with E-state index in [1.165, 1.54) is 30.3 Å². The van der Waals surface area contributed by atoms with E-state index in [9.17, 15) is 18.0 Å². The lowest BCUT2D eigenvalue weighted by Crippen LogP contribution is -2.15. The van der Waals surface area contributed by atoms with Gasteiger partial charge in [-0.25, -0.2) is 0 Å². The summed E-state index contributed by atoms with van der Waals surface area (Å²) in [6.45, 7) is 2.16. The molecule has 8 heteroatoms. The molecule has 1 aromatic heterocycles. The molecule has 3 aromatic carbocycles. The molecule has 4 aromatic rings. The van der Waals surface area contributed by atoms with Crippen molar-refractivity contribution in [3.8, 4) is 23.0 Å². The van der Waals surface area contributed by atoms with Gasteiger partial charge in [-0.1, -0.05) is 48.5 Å². The average molecular weight is 482 g/mol. The maximum absolute atomic E-state index is 13.8. The summed E-state index contributed by atoms with van der Waals surface area (Å²) < 4.78 is 63.0. The Morgan fingerprint density at radius 3 is 2.34 bits per heavy atom. The molecule has 0 radical (unpaired) electrons. The minimum absolute atomic E-state index is 0.0309. The molecule has 0 unspecified atom stereocenters. The summed E-state index contributed by atoms with van der Waals surface area (Å²) in [4.78, 5) is 13.0. The van der Waals surface area contributed by atoms with Gasteiger partial charge in [-0.3, -0.25) is 4.79 Å². The smallest absolute Gasteiger partial charge is 0.453 e. The standard InChI is InChI=1S/C27H21F3O5/c1-2-32-21-12-6-7-13-22(21)34-25-24(31)20-15-14-19(17-23(20)35-26(25)27(28,29)30)33-16-8-11-18-9-4-3-5-10-18/h3-15,17H,2,16H2,1H3/b11-8+. The normalized spacial score (nSPS) is 11.7. The number of ether oxygens (including phenoxy) is 3. The molecule has 0 aliphatic carbocycles. The van der Waals surface area contributed by atoms with Crippen molar-refractivity contribution in [2.24, 2.45) is 0 Å². The van der Waals surface area contributed by atoms with E-state index in [4.69, 9.17) is 18.6 Å². The highest BCUT2D eigenvalue weighted by Gasteiger charge is 2.40. The van der Waals surface area contributed by atoms with Crippen LogP contribution in [0.25, 0.3) is 17.0 Å². The summed E-state index contributed by atoms with van der Waals surface area (Å²) >= 11 is 0. The van der Waals surface area contributed by atoms with E-state index in [-0.39, 0.29) is 41.4 Å². The molecule has 0 bridgehead atoms. The molecular formula is C27H21F3O5. The monoisotopic (exact) mass is 482 g/mol. The predicted octanol–water partition coefficient (Wildman–Crippen LogP) is 7.10. The van der Waals surface area contributed by atoms with E-state index in [0.717, 1.165) is 5.56 Å². The molecular weight excluding hydrogens is 461 g/mol. The van der Waals surface area contributed by atoms with Gasteiger partial charge in [0.2, 0.25) is 11.2 Å². The maximum atomic E-state index is 13.8. The Morgan fingerprint density at radius 1 is 0.914 bits per heavy atom. The molecule has 0 N–H and O–H groups in total. The first kappa shape index (κ1) is 23.9. The Morgan fingerprint density at radius 2 is 1.63 bits per heavy atom. The number of para-hydroxylation sites is 2. The summed E-state index contributed by atoms with van der Waals surface area (Å²) in [6.07, 6.45) is -1.35. The summed E-state index contributed by atoms with van der Waals surface area (Å²) in [6, 6.07) is 19.8. The van der Waals surface area contributed by atoms with Crippen LogP contribution in [-0.2, 0) is 6.18 Å². The third-order valence-corrected chi connectivity index (χ3v) is 4.90. The summed E-state index contributed by atoms with van der Waals surface area (Å²) in [5.41, 5.74) is -0.244. The van der Waals surface area contributed by atoms with Crippen molar-refractivity contribution in [3.05, 3.63) is 100 Å². The van der Waals surface area contributed by atoms with Crippen LogP contribution in [0.3, 0.4) is 0 Å². The lowest BCUT2D eigenvalue weighted by molar-refractivity contribution is -0.154. The van der Waals surface area contributed by atoms with Gasteiger partial charge in [-0.15, -0.1) is 0 Å². The van der Waals surface area contributed by atoms with Crippen LogP contribution in [-0.4, -0.2) is 13.2 Å². The van der Waals surface area contributed by atoms with Crippen LogP contribution in [0.1, 0.15) is 18.2 Å². The van der Waals surface area contributed by atoms with Gasteiger partial charge in [-0.2, -0.15) is 13.2 Å². The van der Waals surface area contributed by atoms with Crippen LogP contribution >= 0.6 is 0 Å². The molecule has 0 fully saturated rings. The van der Waals surface area contributed by atoms with Crippen LogP contribution in [0.5, 0.6) is 23.0 Å². The molecule has 1 heterocycles. The molecule has 0 atom stereocenters. The second-order valence-corrected chi connectivity index (χ2v) is 7.35. The Kier molecular flexibility index (Phi) is 7.10. The Balaban J connectivity index is 1.66. The molecule has 4 rings (SSSR count). The van der Waals surface area contributed by atoms with E-state index in [1.807, 2.05) is 36.4 Å². The largest absolute Gasteiger partial charge is 0.490 e. The van der Waals surface area contributed by atoms with Crippen LogP contribution in [0, 0.1) is 0 Å². The van der Waals surface area contributed by atoms with Crippen molar-refractivity contribution >= 4 is 17.0 Å². The second-order valence-electron chi connectivity index (χ2n) is 7.35. The Labute approximate surface area is 199 Å². The van der Waals surface area contributed by atoms with Crippen molar-refractivity contribution in [2.75, 3.05) is 13.2 Å². The molecule has 0 spiro atoms. The fourth-order valence-corrected chi connectivity index (χ4v) is 3.34. The van der Waals surface area contributed by atoms with Crippen LogP contribution in [0.15, 0.2) is 88.1 Å². The fraction of sp³-hybridized carbons (Fsp3) is 0.148. The first-order chi connectivity index (χ1) is 16.9. The van der Waals surface area contributed by atoms with E-state index >= 15 is 0 Å². The molecule has 180 valence electrons. The SMILES string of the molecule is CCOc1ccccc1Oc1c(C(F)(F)F)oc2cc(OC/C=C/c3ccccc3)ccc2c1=O. The minimum Gasteiger partial charge on any atom is -0.490 e. The number of fused-ring (bicyclic) bond motifs is 1. The highest BCUT2D eigenvalue weighted by atomic mass is 19.4. The average Bonchev–Trinajstić information content (AvgIpc) is 2.84. The molecule has 0 aliphatic heterocycles. The molecule has 0 saturated carbocycles. The Bertz CT molecular complexity index is 1390. The highest BCUT2D eigenvalue weighted by Crippen LogP contribution is 2.40. The van der Waals surface area contributed by atoms with E-state index in [2.05, 4.69) is 0 Å². The number of halogens is 3. The fourth-order valence-electron chi connectivity index (χ4n) is 3.34. The number of rotatable bonds is 8. The zero-order valence-corrected chi connectivity index (χ0v) is 18.7. The van der Waals surface area contributed by atoms with Gasteiger partial charge in [0.25, 0.3) is 5.76 Å². The topological polar surface area (TPSA) is 57.9 Å². The van der Waals surface area contributed by atoms with E-state index < -0.39 is 23.1 Å². The summed E-state index contributed by atoms with van der Waals surface area (Å²) in [7, 11) is 0.